The molecule has 1 fully saturated rings. The fourth-order valence-corrected chi connectivity index (χ4v) is 2.47. The molecule has 0 spiro atoms. The van der Waals surface area contributed by atoms with Crippen LogP contribution in [0.2, 0.25) is 0 Å². The Morgan fingerprint density at radius 3 is 2.33 bits per heavy atom. The van der Waals surface area contributed by atoms with Crippen molar-refractivity contribution in [3.05, 3.63) is 55.6 Å². The van der Waals surface area contributed by atoms with Crippen LogP contribution in [0.15, 0.2) is 17.8 Å². The number of likely N-dealkylation sites (N-methyl/N-ethyl adjacent to an activating group) is 1. The number of rotatable bonds is 2. The molecule has 1 aliphatic heterocycles. The molecule has 1 saturated heterocycles. The van der Waals surface area contributed by atoms with Gasteiger partial charge in [-0.25, -0.2) is 8.78 Å². The fourth-order valence-electron chi connectivity index (χ4n) is 2.47. The smallest absolute Gasteiger partial charge is 0.556 e. The van der Waals surface area contributed by atoms with Gasteiger partial charge < -0.3 is 34.2 Å². The van der Waals surface area contributed by atoms with Crippen LogP contribution >= 0.6 is 0 Å². The van der Waals surface area contributed by atoms with Crippen LogP contribution in [0.25, 0.3) is 0 Å². The molecule has 1 amide bonds. The van der Waals surface area contributed by atoms with Crippen molar-refractivity contribution < 1.29 is 65.0 Å². The Morgan fingerprint density at radius 1 is 1.30 bits per heavy atom. The second kappa shape index (κ2) is 16.5. The molecule has 1 unspecified atom stereocenters. The minimum Gasteiger partial charge on any atom is -0.556 e. The van der Waals surface area contributed by atoms with Crippen LogP contribution in [0.1, 0.15) is 52.0 Å². The summed E-state index contributed by atoms with van der Waals surface area (Å²) in [6.07, 6.45) is 3.62. The number of anilines is 1. The third kappa shape index (κ3) is 9.04. The van der Waals surface area contributed by atoms with E-state index >= 15 is 0 Å². The van der Waals surface area contributed by atoms with E-state index in [4.69, 9.17) is 5.73 Å². The first-order valence-electron chi connectivity index (χ1n) is 8.60. The molecular formula is C20H32F2KN3O-2. The predicted octanol–water partition coefficient (Wildman–Crippen LogP) is 1.46. The van der Waals surface area contributed by atoms with Gasteiger partial charge in [0.2, 0.25) is 0 Å². The van der Waals surface area contributed by atoms with Gasteiger partial charge in [0, 0.05) is 18.5 Å². The first kappa shape index (κ1) is 31.2. The third-order valence-electron chi connectivity index (χ3n) is 3.60. The van der Waals surface area contributed by atoms with Gasteiger partial charge in [0.15, 0.2) is 5.82 Å². The van der Waals surface area contributed by atoms with Crippen molar-refractivity contribution in [3.8, 4) is 0 Å². The Kier molecular flexibility index (Phi) is 19.1. The number of halogens is 2. The number of amides is 1. The molecule has 1 aromatic rings. The topological polar surface area (TPSA) is 58.4 Å². The molecular weight excluding hydrogens is 375 g/mol. The standard InChI is InChI=1S/C15H17F2N3O.2C2H6.CH3.K/c1-19-13(21)7-10-4-3-9(8-20(10)2)14-11(16)5-6-12(18)15(14)17;2*1-2;;/h5-6,9H,2-4,8,18H2,1H3,(H,19,21);2*1-2H3;1H3;/q-2;;;-1;+1. The van der Waals surface area contributed by atoms with Gasteiger partial charge in [-0.15, -0.1) is 0 Å². The summed E-state index contributed by atoms with van der Waals surface area (Å²) in [6.45, 7) is 8.30. The van der Waals surface area contributed by atoms with E-state index in [2.05, 4.69) is 18.4 Å². The van der Waals surface area contributed by atoms with Crippen LogP contribution in [0.5, 0.6) is 0 Å². The number of benzene rings is 1. The van der Waals surface area contributed by atoms with E-state index in [0.29, 0.717) is 25.1 Å². The van der Waals surface area contributed by atoms with Crippen molar-refractivity contribution in [2.45, 2.75) is 46.5 Å². The maximum Gasteiger partial charge on any atom is 1.00 e. The quantitative estimate of drug-likeness (QED) is 0.338. The van der Waals surface area contributed by atoms with Gasteiger partial charge in [-0.1, -0.05) is 27.7 Å². The number of nitrogens with two attached hydrogens (primary N) is 1. The van der Waals surface area contributed by atoms with Crippen molar-refractivity contribution >= 4 is 11.6 Å². The molecule has 27 heavy (non-hydrogen) atoms. The summed E-state index contributed by atoms with van der Waals surface area (Å²) < 4.78 is 27.9. The second-order valence-electron chi connectivity index (χ2n) is 4.97. The molecule has 150 valence electrons. The Bertz CT molecular complexity index is 595. The van der Waals surface area contributed by atoms with E-state index in [0.717, 1.165) is 0 Å². The average molecular weight is 408 g/mol. The number of hydrogen-bond donors (Lipinski definition) is 2. The number of allylic oxidation sites excluding steroid dienone is 1. The molecule has 1 heterocycles. The number of hydrogen-bond acceptors (Lipinski definition) is 3. The molecule has 4 nitrogen and oxygen atoms in total. The monoisotopic (exact) mass is 407 g/mol. The molecule has 0 bridgehead atoms. The van der Waals surface area contributed by atoms with Crippen molar-refractivity contribution in [1.82, 2.24) is 10.2 Å². The van der Waals surface area contributed by atoms with Crippen LogP contribution in [-0.2, 0) is 4.79 Å². The summed E-state index contributed by atoms with van der Waals surface area (Å²) in [5, 5.41) is 2.44. The molecule has 0 aliphatic carbocycles. The summed E-state index contributed by atoms with van der Waals surface area (Å²) in [6, 6.07) is 2.38. The third-order valence-corrected chi connectivity index (χ3v) is 3.60. The number of nitrogens with one attached hydrogen (secondary N) is 1. The minimum absolute atomic E-state index is 0. The number of likely N-dealkylation sites (tertiary alicyclic amines) is 1. The molecule has 2 rings (SSSR count). The summed E-state index contributed by atoms with van der Waals surface area (Å²) in [5.41, 5.74) is 6.04. The van der Waals surface area contributed by atoms with E-state index in [-0.39, 0.29) is 81.9 Å². The maximum atomic E-state index is 14.0. The van der Waals surface area contributed by atoms with Crippen LogP contribution < -0.4 is 62.4 Å². The molecule has 0 radical (unpaired) electrons. The normalized spacial score (nSPS) is 16.5. The van der Waals surface area contributed by atoms with Crippen LogP contribution in [0, 0.1) is 32.2 Å². The number of piperidine rings is 1. The Hall–Kier alpha value is -0.474. The van der Waals surface area contributed by atoms with Gasteiger partial charge in [-0.2, -0.15) is 5.70 Å². The summed E-state index contributed by atoms with van der Waals surface area (Å²) >= 11 is 0. The van der Waals surface area contributed by atoms with Gasteiger partial charge in [0.05, 0.1) is 11.6 Å². The van der Waals surface area contributed by atoms with Gasteiger partial charge in [-0.3, -0.25) is 7.05 Å². The van der Waals surface area contributed by atoms with Gasteiger partial charge in [0.25, 0.3) is 0 Å². The number of nitrogen functional groups attached to an aromatic ring is 1. The SMILES string of the molecule is CC.CC.[CH2-]N1CC(c2c(F)ccc(N)c2F)CCC1=[C-]C(=O)NC.[CH3-].[K+]. The van der Waals surface area contributed by atoms with E-state index < -0.39 is 11.6 Å². The van der Waals surface area contributed by atoms with Gasteiger partial charge in [-0.05, 0) is 31.5 Å². The van der Waals surface area contributed by atoms with Crippen LogP contribution in [0.3, 0.4) is 0 Å². The Balaban J connectivity index is -0.000000899. The van der Waals surface area contributed by atoms with Crippen molar-refractivity contribution in [2.24, 2.45) is 0 Å². The molecule has 0 aromatic heterocycles. The summed E-state index contributed by atoms with van der Waals surface area (Å²) in [4.78, 5) is 12.8. The maximum absolute atomic E-state index is 14.0. The van der Waals surface area contributed by atoms with Crippen molar-refractivity contribution in [3.63, 3.8) is 0 Å². The number of carbonyl (C=O) groups excluding carboxylic acids is 1. The Morgan fingerprint density at radius 2 is 1.85 bits per heavy atom. The van der Waals surface area contributed by atoms with Crippen molar-refractivity contribution in [1.29, 1.82) is 0 Å². The second-order valence-corrected chi connectivity index (χ2v) is 4.97. The fraction of sp³-hybridized carbons (Fsp3) is 0.450. The largest absolute Gasteiger partial charge is 1.00 e. The van der Waals surface area contributed by atoms with E-state index in [1.807, 2.05) is 27.7 Å². The zero-order chi connectivity index (χ0) is 19.6. The first-order chi connectivity index (χ1) is 11.9. The number of carbonyl (C=O) groups is 1. The van der Waals surface area contributed by atoms with E-state index in [9.17, 15) is 13.6 Å². The predicted molar refractivity (Wildman–Crippen MR) is 105 cm³/mol. The Labute approximate surface area is 206 Å². The summed E-state index contributed by atoms with van der Waals surface area (Å²) in [7, 11) is 5.31. The summed E-state index contributed by atoms with van der Waals surface area (Å²) in [5.74, 6) is -2.03. The average Bonchev–Trinajstić information content (AvgIpc) is 2.64. The van der Waals surface area contributed by atoms with Crippen LogP contribution in [0.4, 0.5) is 14.5 Å². The molecule has 3 N–H and O–H groups in total. The van der Waals surface area contributed by atoms with Gasteiger partial charge in [0.1, 0.15) is 5.82 Å². The van der Waals surface area contributed by atoms with Gasteiger partial charge >= 0.3 is 51.4 Å². The first-order valence-corrected chi connectivity index (χ1v) is 8.60. The molecule has 1 aromatic carbocycles. The molecule has 7 heteroatoms. The minimum atomic E-state index is -0.712. The number of nitrogens with zero attached hydrogens (tertiary/aromatic N) is 1. The zero-order valence-electron chi connectivity index (χ0n) is 17.7. The molecule has 1 aliphatic rings. The van der Waals surface area contributed by atoms with E-state index in [1.54, 1.807) is 4.90 Å². The molecule has 1 atom stereocenters. The zero-order valence-corrected chi connectivity index (χ0v) is 20.9. The molecule has 0 saturated carbocycles. The van der Waals surface area contributed by atoms with Crippen molar-refractivity contribution in [2.75, 3.05) is 19.3 Å². The van der Waals surface area contributed by atoms with Crippen LogP contribution in [-0.4, -0.2) is 24.4 Å². The van der Waals surface area contributed by atoms with E-state index in [1.165, 1.54) is 19.2 Å².